The predicted octanol–water partition coefficient (Wildman–Crippen LogP) is 2.70. The Balaban J connectivity index is 2.57. The molecule has 0 aliphatic carbocycles. The van der Waals surface area contributed by atoms with Crippen molar-refractivity contribution >= 4 is 38.0 Å². The number of carbonyl (C=O) groups excluding carboxylic acids is 1. The topological polar surface area (TPSA) is 47.3 Å². The zero-order valence-corrected chi connectivity index (χ0v) is 10.8. The lowest BCUT2D eigenvalue weighted by Gasteiger charge is -1.98. The van der Waals surface area contributed by atoms with Crippen molar-refractivity contribution in [3.05, 3.63) is 16.4 Å². The largest absolute Gasteiger partial charge is 0.453 e. The summed E-state index contributed by atoms with van der Waals surface area (Å²) in [5, 5.41) is 3.46. The van der Waals surface area contributed by atoms with Gasteiger partial charge in [-0.15, -0.1) is 5.10 Å². The fourth-order valence-corrected chi connectivity index (χ4v) is 2.75. The van der Waals surface area contributed by atoms with E-state index in [1.165, 1.54) is 6.92 Å². The Kier molecular flexibility index (Phi) is 2.98. The van der Waals surface area contributed by atoms with Gasteiger partial charge in [0, 0.05) is 0 Å². The molecule has 0 amide bonds. The normalized spacial score (nSPS) is 12.3. The number of hydrogen-bond acceptors (Lipinski definition) is 4. The van der Waals surface area contributed by atoms with Crippen molar-refractivity contribution in [2.45, 2.75) is 13.1 Å². The zero-order valence-electron chi connectivity index (χ0n) is 8.38. The number of Topliss-reactive ketones (excluding diaryl/α,β-unsaturated/α-hetero) is 1. The van der Waals surface area contributed by atoms with E-state index in [1.807, 2.05) is 0 Å². The molecule has 2 rings (SSSR count). The second kappa shape index (κ2) is 4.05. The molecule has 2 heterocycles. The van der Waals surface area contributed by atoms with Crippen LogP contribution in [0.1, 0.15) is 21.2 Å². The molecule has 17 heavy (non-hydrogen) atoms. The van der Waals surface area contributed by atoms with Gasteiger partial charge in [-0.3, -0.25) is 4.79 Å². The molecule has 0 unspecified atom stereocenters. The van der Waals surface area contributed by atoms with Gasteiger partial charge in [0.05, 0.1) is 15.9 Å². The number of rotatable bonds is 2. The molecule has 92 valence electrons. The number of aryl methyl sites for hydroxylation is 1. The maximum atomic E-state index is 12.4. The van der Waals surface area contributed by atoms with E-state index < -0.39 is 12.0 Å². The monoisotopic (exact) mass is 327 g/mol. The van der Waals surface area contributed by atoms with Crippen LogP contribution in [0.25, 0.3) is 4.96 Å². The van der Waals surface area contributed by atoms with Crippen LogP contribution in [-0.4, -0.2) is 25.7 Å². The standard InChI is InChI=1S/C8H5BrF3N3OS/c1-3-5(4(16)2-9)17-7-13-6(8(10,11)12)14-15(3)7/h2H2,1H3. The lowest BCUT2D eigenvalue weighted by atomic mass is 10.3. The number of nitrogens with zero attached hydrogens (tertiary/aromatic N) is 3. The van der Waals surface area contributed by atoms with Crippen molar-refractivity contribution in [3.63, 3.8) is 0 Å². The molecule has 0 aliphatic rings. The summed E-state index contributed by atoms with van der Waals surface area (Å²) in [5.41, 5.74) is 0.373. The number of hydrogen-bond donors (Lipinski definition) is 0. The van der Waals surface area contributed by atoms with Crippen molar-refractivity contribution < 1.29 is 18.0 Å². The van der Waals surface area contributed by atoms with Crippen LogP contribution in [0.15, 0.2) is 0 Å². The molecule has 0 radical (unpaired) electrons. The zero-order chi connectivity index (χ0) is 12.8. The summed E-state index contributed by atoms with van der Waals surface area (Å²) in [7, 11) is 0. The Morgan fingerprint density at radius 2 is 2.18 bits per heavy atom. The Morgan fingerprint density at radius 3 is 2.65 bits per heavy atom. The summed E-state index contributed by atoms with van der Waals surface area (Å²) in [6, 6.07) is 0. The minimum absolute atomic E-state index is 0.0686. The molecule has 2 aromatic rings. The maximum Gasteiger partial charge on any atom is 0.453 e. The quantitative estimate of drug-likeness (QED) is 0.629. The van der Waals surface area contributed by atoms with Gasteiger partial charge in [0.1, 0.15) is 0 Å². The van der Waals surface area contributed by atoms with Gasteiger partial charge in [-0.25, -0.2) is 4.52 Å². The highest BCUT2D eigenvalue weighted by atomic mass is 79.9. The molecule has 0 aliphatic heterocycles. The van der Waals surface area contributed by atoms with Crippen molar-refractivity contribution in [3.8, 4) is 0 Å². The van der Waals surface area contributed by atoms with Gasteiger partial charge in [0.2, 0.25) is 4.96 Å². The molecule has 0 atom stereocenters. The summed E-state index contributed by atoms with van der Waals surface area (Å²) in [6.07, 6.45) is -4.57. The van der Waals surface area contributed by atoms with Crippen molar-refractivity contribution in [1.82, 2.24) is 14.6 Å². The van der Waals surface area contributed by atoms with E-state index in [4.69, 9.17) is 0 Å². The molecule has 2 aromatic heterocycles. The van der Waals surface area contributed by atoms with Crippen molar-refractivity contribution in [1.29, 1.82) is 0 Å². The van der Waals surface area contributed by atoms with Gasteiger partial charge in [-0.2, -0.15) is 18.2 Å². The van der Waals surface area contributed by atoms with E-state index >= 15 is 0 Å². The van der Waals surface area contributed by atoms with E-state index in [-0.39, 0.29) is 16.1 Å². The van der Waals surface area contributed by atoms with Crippen LogP contribution in [0.4, 0.5) is 13.2 Å². The van der Waals surface area contributed by atoms with Gasteiger partial charge in [-0.1, -0.05) is 27.3 Å². The number of aromatic nitrogens is 3. The number of fused-ring (bicyclic) bond motifs is 1. The summed E-state index contributed by atoms with van der Waals surface area (Å²) in [5.74, 6) is -1.39. The fraction of sp³-hybridized carbons (Fsp3) is 0.375. The van der Waals surface area contributed by atoms with Gasteiger partial charge >= 0.3 is 6.18 Å². The van der Waals surface area contributed by atoms with E-state index in [0.29, 0.717) is 10.6 Å². The lowest BCUT2D eigenvalue weighted by molar-refractivity contribution is -0.144. The van der Waals surface area contributed by atoms with E-state index in [1.54, 1.807) is 0 Å². The molecule has 9 heteroatoms. The molecule has 0 bridgehead atoms. The molecule has 0 saturated heterocycles. The molecular weight excluding hydrogens is 323 g/mol. The highest BCUT2D eigenvalue weighted by molar-refractivity contribution is 9.09. The van der Waals surface area contributed by atoms with E-state index in [2.05, 4.69) is 26.0 Å². The smallest absolute Gasteiger partial charge is 0.292 e. The van der Waals surface area contributed by atoms with Gasteiger partial charge in [0.15, 0.2) is 5.78 Å². The molecule has 0 fully saturated rings. The Hall–Kier alpha value is -0.960. The predicted molar refractivity (Wildman–Crippen MR) is 58.7 cm³/mol. The SMILES string of the molecule is Cc1c(C(=O)CBr)sc2nc(C(F)(F)F)nn12. The molecule has 0 spiro atoms. The second-order valence-corrected chi connectivity index (χ2v) is 4.74. The maximum absolute atomic E-state index is 12.4. The van der Waals surface area contributed by atoms with Crippen LogP contribution in [0, 0.1) is 6.92 Å². The first-order valence-electron chi connectivity index (χ1n) is 4.37. The summed E-state index contributed by atoms with van der Waals surface area (Å²) >= 11 is 3.91. The van der Waals surface area contributed by atoms with Crippen LogP contribution in [0.2, 0.25) is 0 Å². The fourth-order valence-electron chi connectivity index (χ4n) is 1.28. The molecule has 0 aromatic carbocycles. The summed E-state index contributed by atoms with van der Waals surface area (Å²) in [4.78, 5) is 15.3. The summed E-state index contributed by atoms with van der Waals surface area (Å²) < 4.78 is 38.1. The van der Waals surface area contributed by atoms with Crippen LogP contribution in [0.5, 0.6) is 0 Å². The van der Waals surface area contributed by atoms with Crippen molar-refractivity contribution in [2.24, 2.45) is 0 Å². The number of ketones is 1. The first kappa shape index (κ1) is 12.5. The Morgan fingerprint density at radius 1 is 1.53 bits per heavy atom. The Labute approximate surface area is 106 Å². The molecule has 0 saturated carbocycles. The third-order valence-corrected chi connectivity index (χ3v) is 3.73. The summed E-state index contributed by atoms with van der Waals surface area (Å²) in [6.45, 7) is 1.54. The van der Waals surface area contributed by atoms with Gasteiger partial charge in [-0.05, 0) is 6.92 Å². The minimum atomic E-state index is -4.57. The first-order valence-corrected chi connectivity index (χ1v) is 6.31. The van der Waals surface area contributed by atoms with Crippen LogP contribution < -0.4 is 0 Å². The Bertz CT molecular complexity index is 589. The minimum Gasteiger partial charge on any atom is -0.292 e. The van der Waals surface area contributed by atoms with Crippen LogP contribution >= 0.6 is 27.3 Å². The molecule has 4 nitrogen and oxygen atoms in total. The van der Waals surface area contributed by atoms with Crippen LogP contribution in [0.3, 0.4) is 0 Å². The van der Waals surface area contributed by atoms with Gasteiger partial charge in [0.25, 0.3) is 5.82 Å². The second-order valence-electron chi connectivity index (χ2n) is 3.20. The highest BCUT2D eigenvalue weighted by Gasteiger charge is 2.37. The third kappa shape index (κ3) is 2.08. The average molecular weight is 328 g/mol. The van der Waals surface area contributed by atoms with E-state index in [9.17, 15) is 18.0 Å². The van der Waals surface area contributed by atoms with Gasteiger partial charge < -0.3 is 0 Å². The average Bonchev–Trinajstić information content (AvgIpc) is 2.77. The molecule has 0 N–H and O–H groups in total. The van der Waals surface area contributed by atoms with E-state index in [0.717, 1.165) is 15.9 Å². The first-order chi connectivity index (χ1) is 7.84. The number of thiazole rings is 1. The third-order valence-electron chi connectivity index (χ3n) is 2.05. The highest BCUT2D eigenvalue weighted by Crippen LogP contribution is 2.29. The number of carbonyl (C=O) groups is 1. The number of halogens is 4. The van der Waals surface area contributed by atoms with Crippen molar-refractivity contribution in [2.75, 3.05) is 5.33 Å². The molecular formula is C8H5BrF3N3OS. The number of alkyl halides is 4. The lowest BCUT2D eigenvalue weighted by Crippen LogP contribution is -2.08. The van der Waals surface area contributed by atoms with Crippen LogP contribution in [-0.2, 0) is 6.18 Å².